The van der Waals surface area contributed by atoms with Gasteiger partial charge in [0.1, 0.15) is 5.69 Å². The van der Waals surface area contributed by atoms with Gasteiger partial charge >= 0.3 is 0 Å². The molecular formula is C23H26ClN5O2. The van der Waals surface area contributed by atoms with Gasteiger partial charge in [0.2, 0.25) is 11.8 Å². The Morgan fingerprint density at radius 2 is 1.81 bits per heavy atom. The lowest BCUT2D eigenvalue weighted by Crippen LogP contribution is -2.32. The summed E-state index contributed by atoms with van der Waals surface area (Å²) in [6.45, 7) is 4.82. The Morgan fingerprint density at radius 3 is 2.45 bits per heavy atom. The van der Waals surface area contributed by atoms with E-state index in [0.29, 0.717) is 18.8 Å². The first-order valence-electron chi connectivity index (χ1n) is 10.1. The molecule has 2 amide bonds. The van der Waals surface area contributed by atoms with E-state index >= 15 is 0 Å². The van der Waals surface area contributed by atoms with Crippen LogP contribution in [0.4, 0.5) is 5.69 Å². The molecule has 3 aromatic rings. The Labute approximate surface area is 187 Å². The van der Waals surface area contributed by atoms with Gasteiger partial charge in [-0.1, -0.05) is 41.4 Å². The molecule has 0 aliphatic rings. The lowest BCUT2D eigenvalue weighted by Gasteiger charge is -2.21. The summed E-state index contributed by atoms with van der Waals surface area (Å²) in [5.41, 5.74) is 3.48. The maximum absolute atomic E-state index is 12.8. The average Bonchev–Trinajstić information content (AvgIpc) is 3.16. The molecule has 0 radical (unpaired) electrons. The van der Waals surface area contributed by atoms with E-state index in [9.17, 15) is 9.59 Å². The summed E-state index contributed by atoms with van der Waals surface area (Å²) in [6, 6.07) is 11.7. The molecule has 0 saturated carbocycles. The monoisotopic (exact) mass is 439 g/mol. The minimum absolute atomic E-state index is 0.0814. The van der Waals surface area contributed by atoms with Crippen LogP contribution in [-0.2, 0) is 16.1 Å². The number of aryl methyl sites for hydroxylation is 1. The smallest absolute Gasteiger partial charge is 0.227 e. The summed E-state index contributed by atoms with van der Waals surface area (Å²) >= 11 is 6.31. The van der Waals surface area contributed by atoms with Gasteiger partial charge in [-0.15, -0.1) is 0 Å². The predicted molar refractivity (Wildman–Crippen MR) is 121 cm³/mol. The van der Waals surface area contributed by atoms with Crippen molar-refractivity contribution in [1.29, 1.82) is 0 Å². The van der Waals surface area contributed by atoms with Gasteiger partial charge in [-0.05, 0) is 31.5 Å². The van der Waals surface area contributed by atoms with E-state index in [1.165, 1.54) is 5.56 Å². The van der Waals surface area contributed by atoms with Crippen LogP contribution in [-0.4, -0.2) is 45.1 Å². The van der Waals surface area contributed by atoms with Gasteiger partial charge in [-0.25, -0.2) is 4.68 Å². The minimum Gasteiger partial charge on any atom is -0.341 e. The Bertz CT molecular complexity index is 1030. The molecular weight excluding hydrogens is 414 g/mol. The third-order valence-electron chi connectivity index (χ3n) is 4.99. The van der Waals surface area contributed by atoms with E-state index in [4.69, 9.17) is 11.6 Å². The van der Waals surface area contributed by atoms with Crippen molar-refractivity contribution in [2.45, 2.75) is 33.2 Å². The molecule has 8 heteroatoms. The van der Waals surface area contributed by atoms with Gasteiger partial charge in [0.25, 0.3) is 0 Å². The molecule has 2 aromatic heterocycles. The second-order valence-corrected chi connectivity index (χ2v) is 7.69. The van der Waals surface area contributed by atoms with Gasteiger partial charge in [0.05, 0.1) is 18.1 Å². The van der Waals surface area contributed by atoms with Gasteiger partial charge in [-0.3, -0.25) is 14.6 Å². The topological polar surface area (TPSA) is 71.3 Å². The van der Waals surface area contributed by atoms with Crippen LogP contribution in [0.3, 0.4) is 0 Å². The molecule has 2 heterocycles. The minimum atomic E-state index is -0.174. The molecule has 31 heavy (non-hydrogen) atoms. The molecule has 0 bridgehead atoms. The van der Waals surface area contributed by atoms with Crippen LogP contribution >= 0.6 is 11.6 Å². The van der Waals surface area contributed by atoms with Gasteiger partial charge in [-0.2, -0.15) is 5.10 Å². The van der Waals surface area contributed by atoms with E-state index in [2.05, 4.69) is 10.1 Å². The first-order chi connectivity index (χ1) is 14.9. The average molecular weight is 440 g/mol. The lowest BCUT2D eigenvalue weighted by atomic mass is 10.1. The fourth-order valence-corrected chi connectivity index (χ4v) is 3.45. The highest BCUT2D eigenvalue weighted by atomic mass is 35.5. The highest BCUT2D eigenvalue weighted by Gasteiger charge is 2.21. The molecule has 7 nitrogen and oxygen atoms in total. The number of hydrogen-bond acceptors (Lipinski definition) is 4. The molecule has 0 N–H and O–H groups in total. The quantitative estimate of drug-likeness (QED) is 0.531. The first-order valence-corrected chi connectivity index (χ1v) is 10.5. The summed E-state index contributed by atoms with van der Waals surface area (Å²) in [6.07, 6.45) is 5.26. The zero-order valence-corrected chi connectivity index (χ0v) is 18.7. The number of pyridine rings is 1. The van der Waals surface area contributed by atoms with Crippen LogP contribution in [0, 0.1) is 6.92 Å². The van der Waals surface area contributed by atoms with Gasteiger partial charge < -0.3 is 9.80 Å². The summed E-state index contributed by atoms with van der Waals surface area (Å²) in [5, 5.41) is 4.51. The number of anilines is 1. The van der Waals surface area contributed by atoms with Crippen molar-refractivity contribution in [3.05, 3.63) is 71.3 Å². The van der Waals surface area contributed by atoms with Crippen molar-refractivity contribution in [3.63, 3.8) is 0 Å². The van der Waals surface area contributed by atoms with Crippen molar-refractivity contribution >= 4 is 29.1 Å². The van der Waals surface area contributed by atoms with Crippen molar-refractivity contribution in [3.8, 4) is 5.69 Å². The Balaban J connectivity index is 1.61. The van der Waals surface area contributed by atoms with Crippen LogP contribution in [0.25, 0.3) is 5.69 Å². The second-order valence-electron chi connectivity index (χ2n) is 7.33. The molecule has 162 valence electrons. The summed E-state index contributed by atoms with van der Waals surface area (Å²) in [4.78, 5) is 32.6. The molecule has 1 aromatic carbocycles. The first kappa shape index (κ1) is 22.5. The zero-order valence-electron chi connectivity index (χ0n) is 18.0. The number of amides is 2. The van der Waals surface area contributed by atoms with Crippen LogP contribution in [0.2, 0.25) is 5.15 Å². The maximum atomic E-state index is 12.8. The Hall–Kier alpha value is -3.19. The number of carbonyl (C=O) groups is 2. The van der Waals surface area contributed by atoms with Crippen molar-refractivity contribution in [2.24, 2.45) is 0 Å². The molecule has 0 aliphatic heterocycles. The summed E-state index contributed by atoms with van der Waals surface area (Å²) in [5.74, 6) is -0.255. The normalized spacial score (nSPS) is 10.7. The highest BCUT2D eigenvalue weighted by Crippen LogP contribution is 2.26. The van der Waals surface area contributed by atoms with E-state index in [0.717, 1.165) is 11.3 Å². The number of aromatic nitrogens is 3. The van der Waals surface area contributed by atoms with Crippen LogP contribution in [0.5, 0.6) is 0 Å². The van der Waals surface area contributed by atoms with Gasteiger partial charge in [0, 0.05) is 39.2 Å². The molecule has 0 aliphatic carbocycles. The third-order valence-corrected chi connectivity index (χ3v) is 5.26. The Kier molecular flexibility index (Phi) is 7.41. The van der Waals surface area contributed by atoms with E-state index < -0.39 is 0 Å². The third kappa shape index (κ3) is 5.70. The number of rotatable bonds is 8. The predicted octanol–water partition coefficient (Wildman–Crippen LogP) is 4.02. The van der Waals surface area contributed by atoms with Crippen molar-refractivity contribution < 1.29 is 9.59 Å². The van der Waals surface area contributed by atoms with Crippen molar-refractivity contribution in [1.82, 2.24) is 19.7 Å². The van der Waals surface area contributed by atoms with Gasteiger partial charge in [0.15, 0.2) is 5.15 Å². The molecule has 0 spiro atoms. The fraction of sp³-hybridized carbons (Fsp3) is 0.304. The van der Waals surface area contributed by atoms with E-state index in [1.807, 2.05) is 44.2 Å². The summed E-state index contributed by atoms with van der Waals surface area (Å²) < 4.78 is 1.58. The maximum Gasteiger partial charge on any atom is 0.227 e. The number of halogens is 1. The molecule has 0 atom stereocenters. The molecule has 0 unspecified atom stereocenters. The standard InChI is InChI=1S/C23H26ClN5O2/c1-4-28(20-16-29(26-23(20)24)19-6-5-13-25-14-19)22(31)12-11-21(30)27(3)15-18-9-7-17(2)8-10-18/h5-10,13-14,16H,4,11-12,15H2,1-3H3. The number of carbonyl (C=O) groups excluding carboxylic acids is 2. The van der Waals surface area contributed by atoms with E-state index in [-0.39, 0.29) is 29.8 Å². The van der Waals surface area contributed by atoms with Crippen LogP contribution in [0.1, 0.15) is 30.9 Å². The highest BCUT2D eigenvalue weighted by molar-refractivity contribution is 6.32. The lowest BCUT2D eigenvalue weighted by molar-refractivity contribution is -0.132. The molecule has 0 saturated heterocycles. The Morgan fingerprint density at radius 1 is 1.10 bits per heavy atom. The fourth-order valence-electron chi connectivity index (χ4n) is 3.22. The number of nitrogens with zero attached hydrogens (tertiary/aromatic N) is 5. The zero-order chi connectivity index (χ0) is 22.4. The molecule has 3 rings (SSSR count). The van der Waals surface area contributed by atoms with Crippen LogP contribution < -0.4 is 4.90 Å². The van der Waals surface area contributed by atoms with Crippen LogP contribution in [0.15, 0.2) is 55.0 Å². The molecule has 0 fully saturated rings. The SMILES string of the molecule is CCN(C(=O)CCC(=O)N(C)Cc1ccc(C)cc1)c1cn(-c2cccnc2)nc1Cl. The number of benzene rings is 1. The number of hydrogen-bond donors (Lipinski definition) is 0. The largest absolute Gasteiger partial charge is 0.341 e. The van der Waals surface area contributed by atoms with Crippen molar-refractivity contribution in [2.75, 3.05) is 18.5 Å². The summed E-state index contributed by atoms with van der Waals surface area (Å²) in [7, 11) is 1.75. The van der Waals surface area contributed by atoms with E-state index in [1.54, 1.807) is 46.2 Å². The second kappa shape index (κ2) is 10.2.